The molecule has 0 radical (unpaired) electrons. The van der Waals surface area contributed by atoms with Crippen molar-refractivity contribution in [2.24, 2.45) is 13.0 Å². The predicted octanol–water partition coefficient (Wildman–Crippen LogP) is 5.59. The number of para-hydroxylation sites is 1. The molecule has 0 spiro atoms. The number of benzene rings is 2. The SMILES string of the molecule is COc1cc2nn([C@H]3CC[C@H](CN4CCC(c5cccc6c5n(C)c(=O)n6C5CCC(=O)NC5=O)CC4)CC3)cc2cc1NC(=O)n1ccc2cc(C#N)cnc21. The molecule has 3 aliphatic rings. The highest BCUT2D eigenvalue weighted by Gasteiger charge is 2.33. The summed E-state index contributed by atoms with van der Waals surface area (Å²) in [6.45, 7) is 3.06. The molecule has 15 heteroatoms. The number of nitrogens with zero attached hydrogens (tertiary/aromatic N) is 8. The summed E-state index contributed by atoms with van der Waals surface area (Å²) in [6.07, 6.45) is 12.0. The van der Waals surface area contributed by atoms with Crippen molar-refractivity contribution in [2.45, 2.75) is 69.4 Å². The lowest BCUT2D eigenvalue weighted by molar-refractivity contribution is -0.135. The van der Waals surface area contributed by atoms with Crippen LogP contribution in [0.5, 0.6) is 5.75 Å². The van der Waals surface area contributed by atoms with Gasteiger partial charge >= 0.3 is 11.7 Å². The molecule has 1 unspecified atom stereocenters. The molecule has 1 aliphatic carbocycles. The summed E-state index contributed by atoms with van der Waals surface area (Å²) in [5, 5.41) is 21.1. The molecule has 57 heavy (non-hydrogen) atoms. The fraction of sp³-hybridized carbons (Fsp3) is 0.405. The van der Waals surface area contributed by atoms with Gasteiger partial charge < -0.3 is 15.0 Å². The largest absolute Gasteiger partial charge is 0.494 e. The maximum absolute atomic E-state index is 13.5. The molecule has 292 valence electrons. The molecule has 4 aromatic heterocycles. The van der Waals surface area contributed by atoms with Gasteiger partial charge in [0.25, 0.3) is 0 Å². The van der Waals surface area contributed by atoms with Gasteiger partial charge in [-0.25, -0.2) is 14.6 Å². The summed E-state index contributed by atoms with van der Waals surface area (Å²) in [5.74, 6) is 0.730. The first-order chi connectivity index (χ1) is 27.7. The van der Waals surface area contributed by atoms with Crippen molar-refractivity contribution < 1.29 is 19.1 Å². The van der Waals surface area contributed by atoms with Gasteiger partial charge in [0.05, 0.1) is 41.0 Å². The number of likely N-dealkylation sites (tertiary alicyclic amines) is 1. The van der Waals surface area contributed by atoms with Crippen LogP contribution in [-0.4, -0.2) is 78.0 Å². The third kappa shape index (κ3) is 6.63. The Labute approximate surface area is 327 Å². The van der Waals surface area contributed by atoms with Crippen molar-refractivity contribution in [3.05, 3.63) is 82.7 Å². The minimum Gasteiger partial charge on any atom is -0.494 e. The zero-order valence-electron chi connectivity index (χ0n) is 32.0. The van der Waals surface area contributed by atoms with Gasteiger partial charge in [0.15, 0.2) is 0 Å². The Bertz CT molecular complexity index is 2660. The van der Waals surface area contributed by atoms with E-state index in [1.807, 2.05) is 24.3 Å². The average Bonchev–Trinajstić information content (AvgIpc) is 3.91. The number of nitriles is 1. The molecule has 2 aromatic carbocycles. The summed E-state index contributed by atoms with van der Waals surface area (Å²) < 4.78 is 12.4. The number of amides is 3. The molecule has 15 nitrogen and oxygen atoms in total. The molecule has 6 heterocycles. The Morgan fingerprint density at radius 3 is 2.58 bits per heavy atom. The number of nitrogens with one attached hydrogen (secondary N) is 2. The van der Waals surface area contributed by atoms with Gasteiger partial charge in [-0.1, -0.05) is 12.1 Å². The Morgan fingerprint density at radius 1 is 1.02 bits per heavy atom. The number of aryl methyl sites for hydroxylation is 1. The number of anilines is 1. The van der Waals surface area contributed by atoms with Crippen molar-refractivity contribution in [2.75, 3.05) is 32.1 Å². The number of piperidine rings is 2. The topological polar surface area (TPSA) is 174 Å². The second kappa shape index (κ2) is 14.7. The van der Waals surface area contributed by atoms with Crippen molar-refractivity contribution in [1.29, 1.82) is 5.26 Å². The van der Waals surface area contributed by atoms with Crippen LogP contribution in [0.1, 0.15) is 80.5 Å². The van der Waals surface area contributed by atoms with Gasteiger partial charge in [-0.3, -0.25) is 33.3 Å². The number of pyridine rings is 1. The highest BCUT2D eigenvalue weighted by atomic mass is 16.5. The van der Waals surface area contributed by atoms with Crippen LogP contribution in [-0.2, 0) is 16.6 Å². The number of aromatic nitrogens is 6. The number of imide groups is 1. The first kappa shape index (κ1) is 36.4. The van der Waals surface area contributed by atoms with E-state index in [1.54, 1.807) is 41.6 Å². The van der Waals surface area contributed by atoms with Crippen molar-refractivity contribution in [1.82, 2.24) is 38.7 Å². The van der Waals surface area contributed by atoms with E-state index in [-0.39, 0.29) is 24.0 Å². The normalized spacial score (nSPS) is 20.9. The first-order valence-electron chi connectivity index (χ1n) is 19.7. The van der Waals surface area contributed by atoms with Crippen LogP contribution in [0.15, 0.2) is 65.8 Å². The minimum atomic E-state index is -0.688. The van der Waals surface area contributed by atoms with Crippen molar-refractivity contribution >= 4 is 56.5 Å². The lowest BCUT2D eigenvalue weighted by atomic mass is 9.84. The van der Waals surface area contributed by atoms with Gasteiger partial charge in [0.1, 0.15) is 23.5 Å². The molecule has 9 rings (SSSR count). The predicted molar refractivity (Wildman–Crippen MR) is 213 cm³/mol. The fourth-order valence-electron chi connectivity index (χ4n) is 9.36. The maximum Gasteiger partial charge on any atom is 0.331 e. The summed E-state index contributed by atoms with van der Waals surface area (Å²) in [5.41, 5.74) is 4.78. The fourth-order valence-corrected chi connectivity index (χ4v) is 9.36. The standard InChI is InChI=1S/C42H44N10O5/c1-48-38-31(4-3-5-34(38)52(42(48)56)35-10-11-37(53)46-40(35)54)27-12-15-49(16-13-27)23-25-6-8-30(9-7-25)51-24-29-19-33(36(57-2)20-32(29)47-51)45-41(55)50-17-14-28-18-26(21-43)22-44-39(28)50/h3-5,14,17-20,22,24-25,27,30,35H,6-13,15-16,23H2,1-2H3,(H,45,55)(H,46,53,54)/t25-,30-,35?. The van der Waals surface area contributed by atoms with E-state index in [0.29, 0.717) is 52.3 Å². The molecule has 3 fully saturated rings. The van der Waals surface area contributed by atoms with Gasteiger partial charge in [0, 0.05) is 55.4 Å². The van der Waals surface area contributed by atoms with Crippen LogP contribution in [0.3, 0.4) is 0 Å². The Balaban J connectivity index is 0.817. The summed E-state index contributed by atoms with van der Waals surface area (Å²) in [6, 6.07) is 14.5. The Morgan fingerprint density at radius 2 is 1.82 bits per heavy atom. The van der Waals surface area contributed by atoms with Crippen LogP contribution >= 0.6 is 0 Å². The van der Waals surface area contributed by atoms with Crippen LogP contribution in [0.2, 0.25) is 0 Å². The van der Waals surface area contributed by atoms with Gasteiger partial charge in [-0.15, -0.1) is 0 Å². The lowest BCUT2D eigenvalue weighted by Gasteiger charge is -2.37. The average molecular weight is 769 g/mol. The third-order valence-electron chi connectivity index (χ3n) is 12.3. The minimum absolute atomic E-state index is 0.221. The van der Waals surface area contributed by atoms with E-state index >= 15 is 0 Å². The zero-order chi connectivity index (χ0) is 39.4. The third-order valence-corrected chi connectivity index (χ3v) is 12.3. The molecular weight excluding hydrogens is 725 g/mol. The smallest absolute Gasteiger partial charge is 0.331 e. The number of methoxy groups -OCH3 is 1. The van der Waals surface area contributed by atoms with Crippen LogP contribution in [0, 0.1) is 17.2 Å². The van der Waals surface area contributed by atoms with E-state index in [4.69, 9.17) is 9.84 Å². The number of hydrogen-bond donors (Lipinski definition) is 2. The molecule has 3 amide bonds. The van der Waals surface area contributed by atoms with E-state index < -0.39 is 11.9 Å². The number of carbonyl (C=O) groups is 3. The van der Waals surface area contributed by atoms with Crippen LogP contribution in [0.25, 0.3) is 33.0 Å². The maximum atomic E-state index is 13.5. The van der Waals surface area contributed by atoms with E-state index in [9.17, 15) is 24.4 Å². The van der Waals surface area contributed by atoms with Crippen LogP contribution in [0.4, 0.5) is 10.5 Å². The van der Waals surface area contributed by atoms with Gasteiger partial charge in [-0.2, -0.15) is 10.4 Å². The molecule has 6 aromatic rings. The Kier molecular flexibility index (Phi) is 9.36. The molecule has 1 atom stereocenters. The van der Waals surface area contributed by atoms with Crippen LogP contribution < -0.4 is 21.1 Å². The highest BCUT2D eigenvalue weighted by Crippen LogP contribution is 2.38. The number of rotatable bonds is 7. The van der Waals surface area contributed by atoms with Gasteiger partial charge in [-0.05, 0) is 99.7 Å². The summed E-state index contributed by atoms with van der Waals surface area (Å²) >= 11 is 0. The second-order valence-electron chi connectivity index (χ2n) is 15.7. The van der Waals surface area contributed by atoms with E-state index in [0.717, 1.165) is 85.7 Å². The molecular formula is C42H44N10O5. The number of carbonyl (C=O) groups excluding carboxylic acids is 3. The summed E-state index contributed by atoms with van der Waals surface area (Å²) in [7, 11) is 3.35. The first-order valence-corrected chi connectivity index (χ1v) is 19.7. The van der Waals surface area contributed by atoms with Crippen molar-refractivity contribution in [3.8, 4) is 11.8 Å². The van der Waals surface area contributed by atoms with E-state index in [1.165, 1.54) is 10.8 Å². The number of ether oxygens (including phenoxy) is 1. The monoisotopic (exact) mass is 768 g/mol. The molecule has 2 aliphatic heterocycles. The quantitative estimate of drug-likeness (QED) is 0.196. The van der Waals surface area contributed by atoms with Crippen molar-refractivity contribution in [3.63, 3.8) is 0 Å². The molecule has 2 N–H and O–H groups in total. The van der Waals surface area contributed by atoms with Gasteiger partial charge in [0.2, 0.25) is 11.8 Å². The number of imidazole rings is 1. The highest BCUT2D eigenvalue weighted by molar-refractivity contribution is 6.01. The number of fused-ring (bicyclic) bond motifs is 3. The molecule has 1 saturated carbocycles. The lowest BCUT2D eigenvalue weighted by Crippen LogP contribution is -2.44. The second-order valence-corrected chi connectivity index (χ2v) is 15.7. The summed E-state index contributed by atoms with van der Waals surface area (Å²) in [4.78, 5) is 58.2. The molecule has 0 bridgehead atoms. The zero-order valence-corrected chi connectivity index (χ0v) is 32.0. The van der Waals surface area contributed by atoms with E-state index in [2.05, 4.69) is 43.5 Å². The Hall–Kier alpha value is -6.27. The molecule has 2 saturated heterocycles. The number of hydrogen-bond acceptors (Lipinski definition) is 9.